The van der Waals surface area contributed by atoms with Crippen molar-refractivity contribution in [2.75, 3.05) is 13.1 Å². The topological polar surface area (TPSA) is 156 Å². The fraction of sp³-hybridized carbons (Fsp3) is 0.857. The zero-order valence-electron chi connectivity index (χ0n) is 28.5. The molecule has 4 saturated heterocycles. The molecule has 6 rings (SSSR count). The Morgan fingerprint density at radius 3 is 1.80 bits per heavy atom. The van der Waals surface area contributed by atoms with Gasteiger partial charge < -0.3 is 48.3 Å². The summed E-state index contributed by atoms with van der Waals surface area (Å²) in [4.78, 5) is 39.1. The van der Waals surface area contributed by atoms with Crippen molar-refractivity contribution < 1.29 is 53.0 Å². The molecule has 0 unspecified atom stereocenters. The first-order chi connectivity index (χ1) is 23.0. The van der Waals surface area contributed by atoms with Gasteiger partial charge in [0, 0.05) is 46.0 Å². The number of hydrogen-bond acceptors (Lipinski definition) is 11. The van der Waals surface area contributed by atoms with E-state index >= 15 is 0 Å². The molecule has 282 valence electrons. The molecule has 6 aliphatic rings. The molecule has 0 amide bonds. The molecule has 0 aromatic heterocycles. The van der Waals surface area contributed by atoms with Gasteiger partial charge in [-0.3, -0.25) is 14.4 Å². The average Bonchev–Trinajstić information content (AvgIpc) is 3.52. The van der Waals surface area contributed by atoms with Crippen molar-refractivity contribution in [3.05, 3.63) is 22.8 Å². The Bertz CT molecular complexity index is 1290. The Balaban J connectivity index is 0.000000214. The first-order valence-corrected chi connectivity index (χ1v) is 18.7. The molecule has 2 saturated carbocycles. The lowest BCUT2D eigenvalue weighted by atomic mass is 9.76. The number of nitrogens with zero attached hydrogens (tertiary/aromatic N) is 2. The maximum atomic E-state index is 11.3. The second kappa shape index (κ2) is 17.9. The number of aliphatic hydroxyl groups is 2. The van der Waals surface area contributed by atoms with Gasteiger partial charge in [0.15, 0.2) is 5.60 Å². The fourth-order valence-electron chi connectivity index (χ4n) is 7.96. The van der Waals surface area contributed by atoms with E-state index in [-0.39, 0.29) is 71.2 Å². The third-order valence-electron chi connectivity index (χ3n) is 10.1. The van der Waals surface area contributed by atoms with Crippen molar-refractivity contribution in [3.63, 3.8) is 0 Å². The number of hydrogen-bond donors (Lipinski definition) is 2. The van der Waals surface area contributed by atoms with Gasteiger partial charge in [-0.15, -0.1) is 0 Å². The number of carbonyl (C=O) groups excluding carboxylic acids is 3. The standard InChI is InChI=1S/C15H20BrNO4.C13H19NO4.C6H9BrO3.CH4/c1-9(18)19-14-11(16)7-15-8-12(14)20-13(15)4-3-10(21-15)5-6-17-2;1-14-5-4-8-2-3-11-13(18-8)6-9(15)12(16)10(7-13)17-11;1-4(8)10-6(2,3)5(7)9;/h10-14H,3-8H2,1H3;8-12,15-16H,2-7H2;1-3H3;1H4/t10-,11+,12-,13+,14-,15+;8-,9-,10-,11+,12-,13+;;/m11../s1. The summed E-state index contributed by atoms with van der Waals surface area (Å²) in [6.07, 6.45) is 6.14. The summed E-state index contributed by atoms with van der Waals surface area (Å²) >= 11 is 6.36. The predicted octanol–water partition coefficient (Wildman–Crippen LogP) is 4.85. The van der Waals surface area contributed by atoms with Gasteiger partial charge in [0.25, 0.3) is 0 Å². The normalized spacial score (nSPS) is 39.2. The monoisotopic (exact) mass is 834 g/mol. The smallest absolute Gasteiger partial charge is 0.303 e. The lowest BCUT2D eigenvalue weighted by Gasteiger charge is -2.44. The van der Waals surface area contributed by atoms with E-state index in [2.05, 4.69) is 46.3 Å². The highest BCUT2D eigenvalue weighted by Gasteiger charge is 2.61. The summed E-state index contributed by atoms with van der Waals surface area (Å²) < 4.78 is 34.2. The molecule has 4 bridgehead atoms. The first-order valence-electron chi connectivity index (χ1n) is 16.9. The Hall–Kier alpha value is -1.69. The summed E-state index contributed by atoms with van der Waals surface area (Å²) in [6.45, 7) is 20.5. The molecular weight excluding hydrogens is 784 g/mol. The molecule has 4 heterocycles. The van der Waals surface area contributed by atoms with Crippen LogP contribution in [0.3, 0.4) is 0 Å². The highest BCUT2D eigenvalue weighted by atomic mass is 79.9. The van der Waals surface area contributed by atoms with E-state index < -0.39 is 29.4 Å². The first kappa shape index (κ1) is 42.7. The highest BCUT2D eigenvalue weighted by molar-refractivity contribution is 9.18. The highest BCUT2D eigenvalue weighted by Crippen LogP contribution is 2.52. The van der Waals surface area contributed by atoms with Crippen molar-refractivity contribution in [1.82, 2.24) is 0 Å². The summed E-state index contributed by atoms with van der Waals surface area (Å²) in [6, 6.07) is 0. The van der Waals surface area contributed by atoms with Crippen LogP contribution < -0.4 is 0 Å². The van der Waals surface area contributed by atoms with Gasteiger partial charge in [-0.05, 0) is 61.9 Å². The molecule has 13 nitrogen and oxygen atoms in total. The minimum absolute atomic E-state index is 0. The zero-order valence-corrected chi connectivity index (χ0v) is 31.6. The van der Waals surface area contributed by atoms with Crippen LogP contribution in [0.2, 0.25) is 0 Å². The summed E-state index contributed by atoms with van der Waals surface area (Å²) in [7, 11) is 0. The SMILES string of the molecule is C.CC(=O)OC(C)(C)C(=O)Br.[C-]#[N+]CC[C@H]1CC[C@@H]2O[C@@H]3C[C@]2(C[C@@H](O)[C@H]3O)O1.[C-]#[N+]CC[C@H]1CC[C@@H]2O[C@@H]3C[C@]2(C[C@H](Br)[C@H]3OC(C)=O)O1. The lowest BCUT2D eigenvalue weighted by molar-refractivity contribution is -0.177. The van der Waals surface area contributed by atoms with Crippen molar-refractivity contribution in [2.45, 2.75) is 176 Å². The van der Waals surface area contributed by atoms with Crippen LogP contribution in [-0.2, 0) is 42.8 Å². The molecule has 0 aromatic rings. The van der Waals surface area contributed by atoms with Crippen molar-refractivity contribution >= 4 is 48.5 Å². The van der Waals surface area contributed by atoms with Crippen LogP contribution in [0, 0.1) is 13.1 Å². The second-order valence-corrected chi connectivity index (χ2v) is 16.2. The summed E-state index contributed by atoms with van der Waals surface area (Å²) in [5.74, 6) is -0.729. The largest absolute Gasteiger partial charge is 0.459 e. The molecule has 0 aromatic carbocycles. The maximum Gasteiger partial charge on any atom is 0.303 e. The molecule has 2 aliphatic carbocycles. The Morgan fingerprint density at radius 1 is 0.840 bits per heavy atom. The van der Waals surface area contributed by atoms with Gasteiger partial charge in [0.05, 0.1) is 58.8 Å². The molecule has 2 N–H and O–H groups in total. The van der Waals surface area contributed by atoms with Crippen LogP contribution in [0.1, 0.15) is 99.3 Å². The number of fused-ring (bicyclic) bond motifs is 2. The molecular formula is C35H52Br2N2O11. The van der Waals surface area contributed by atoms with Gasteiger partial charge in [-0.25, -0.2) is 13.1 Å². The third-order valence-corrected chi connectivity index (χ3v) is 11.9. The van der Waals surface area contributed by atoms with Gasteiger partial charge in [-0.1, -0.05) is 23.4 Å². The molecule has 2 spiro atoms. The van der Waals surface area contributed by atoms with Crippen molar-refractivity contribution in [1.29, 1.82) is 0 Å². The number of halogens is 2. The van der Waals surface area contributed by atoms with Gasteiger partial charge >= 0.3 is 11.9 Å². The Kier molecular flexibility index (Phi) is 15.3. The summed E-state index contributed by atoms with van der Waals surface area (Å²) in [5, 5.41) is 19.7. The minimum Gasteiger partial charge on any atom is -0.459 e. The van der Waals surface area contributed by atoms with E-state index in [1.54, 1.807) is 0 Å². The number of alkyl halides is 1. The van der Waals surface area contributed by atoms with Gasteiger partial charge in [-0.2, -0.15) is 0 Å². The van der Waals surface area contributed by atoms with Crippen LogP contribution in [0.15, 0.2) is 0 Å². The predicted molar refractivity (Wildman–Crippen MR) is 188 cm³/mol. The van der Waals surface area contributed by atoms with E-state index in [1.807, 2.05) is 0 Å². The molecule has 50 heavy (non-hydrogen) atoms. The number of carbonyl (C=O) groups is 3. The van der Waals surface area contributed by atoms with Gasteiger partial charge in [0.1, 0.15) is 12.2 Å². The zero-order chi connectivity index (χ0) is 36.1. The summed E-state index contributed by atoms with van der Waals surface area (Å²) in [5.41, 5.74) is -1.74. The lowest BCUT2D eigenvalue weighted by Crippen LogP contribution is -2.54. The average molecular weight is 837 g/mol. The number of aliphatic hydroxyl groups excluding tert-OH is 2. The van der Waals surface area contributed by atoms with Crippen molar-refractivity contribution in [3.8, 4) is 0 Å². The van der Waals surface area contributed by atoms with E-state index in [0.717, 1.165) is 51.4 Å². The van der Waals surface area contributed by atoms with Crippen molar-refractivity contribution in [2.24, 2.45) is 0 Å². The van der Waals surface area contributed by atoms with Crippen LogP contribution in [0.5, 0.6) is 0 Å². The quantitative estimate of drug-likeness (QED) is 0.157. The van der Waals surface area contributed by atoms with E-state index in [0.29, 0.717) is 25.9 Å². The van der Waals surface area contributed by atoms with E-state index in [9.17, 15) is 24.6 Å². The van der Waals surface area contributed by atoms with Crippen LogP contribution >= 0.6 is 31.9 Å². The maximum absolute atomic E-state index is 11.3. The van der Waals surface area contributed by atoms with Crippen LogP contribution in [0.4, 0.5) is 0 Å². The second-order valence-electron chi connectivity index (χ2n) is 14.3. The molecule has 6 fully saturated rings. The molecule has 4 aliphatic heterocycles. The minimum atomic E-state index is -1.05. The molecule has 15 heteroatoms. The third kappa shape index (κ3) is 10.0. The Labute approximate surface area is 312 Å². The fourth-order valence-corrected chi connectivity index (χ4v) is 9.04. The number of esters is 2. The van der Waals surface area contributed by atoms with Crippen LogP contribution in [-0.4, -0.2) is 116 Å². The number of ether oxygens (including phenoxy) is 6. The number of rotatable bonds is 7. The van der Waals surface area contributed by atoms with E-state index in [4.69, 9.17) is 36.8 Å². The van der Waals surface area contributed by atoms with Gasteiger partial charge in [0.2, 0.25) is 17.8 Å². The molecule has 12 atom stereocenters. The van der Waals surface area contributed by atoms with Crippen LogP contribution in [0.25, 0.3) is 9.69 Å². The van der Waals surface area contributed by atoms with E-state index in [1.165, 1.54) is 27.7 Å². The molecule has 0 radical (unpaired) electrons. The Morgan fingerprint density at radius 2 is 1.34 bits per heavy atom.